The SMILES string of the molecule is CCN.CCN.COC(=Cc1ccccc1)C(=O)O. The van der Waals surface area contributed by atoms with Crippen LogP contribution in [0.2, 0.25) is 0 Å². The molecule has 0 radical (unpaired) electrons. The molecule has 1 aromatic rings. The first-order valence-corrected chi connectivity index (χ1v) is 6.01. The van der Waals surface area contributed by atoms with Crippen molar-refractivity contribution >= 4 is 12.0 Å². The monoisotopic (exact) mass is 268 g/mol. The van der Waals surface area contributed by atoms with Crippen LogP contribution in [-0.4, -0.2) is 31.3 Å². The number of nitrogens with two attached hydrogens (primary N) is 2. The maximum Gasteiger partial charge on any atom is 0.371 e. The summed E-state index contributed by atoms with van der Waals surface area (Å²) < 4.78 is 4.68. The number of carboxylic acids is 1. The van der Waals surface area contributed by atoms with Crippen LogP contribution in [0.3, 0.4) is 0 Å². The number of hydrogen-bond donors (Lipinski definition) is 3. The molecule has 0 heterocycles. The molecule has 5 nitrogen and oxygen atoms in total. The van der Waals surface area contributed by atoms with Crippen LogP contribution in [-0.2, 0) is 9.53 Å². The topological polar surface area (TPSA) is 98.6 Å². The molecule has 0 aliphatic heterocycles. The van der Waals surface area contributed by atoms with Crippen LogP contribution in [0.4, 0.5) is 0 Å². The van der Waals surface area contributed by atoms with Crippen molar-refractivity contribution in [2.24, 2.45) is 11.5 Å². The van der Waals surface area contributed by atoms with Gasteiger partial charge in [-0.1, -0.05) is 44.2 Å². The van der Waals surface area contributed by atoms with Crippen LogP contribution in [0.25, 0.3) is 6.08 Å². The third-order valence-electron chi connectivity index (χ3n) is 1.53. The summed E-state index contributed by atoms with van der Waals surface area (Å²) in [6.07, 6.45) is 1.47. The zero-order valence-corrected chi connectivity index (χ0v) is 11.8. The molecule has 0 aliphatic carbocycles. The summed E-state index contributed by atoms with van der Waals surface area (Å²) in [5.41, 5.74) is 10.5. The van der Waals surface area contributed by atoms with Gasteiger partial charge in [-0.2, -0.15) is 0 Å². The lowest BCUT2D eigenvalue weighted by atomic mass is 10.2. The van der Waals surface area contributed by atoms with Gasteiger partial charge in [0.1, 0.15) is 0 Å². The van der Waals surface area contributed by atoms with Crippen LogP contribution in [0.15, 0.2) is 36.1 Å². The highest BCUT2D eigenvalue weighted by molar-refractivity contribution is 5.89. The maximum atomic E-state index is 10.5. The highest BCUT2D eigenvalue weighted by Crippen LogP contribution is 2.06. The fraction of sp³-hybridized carbons (Fsp3) is 0.357. The molecular formula is C14H24N2O3. The van der Waals surface area contributed by atoms with Gasteiger partial charge in [-0.3, -0.25) is 0 Å². The standard InChI is InChI=1S/C10H10O3.2C2H7N/c1-13-9(10(11)12)7-8-5-3-2-4-6-8;2*1-2-3/h2-7H,1H3,(H,11,12);2*2-3H2,1H3. The second-order valence-corrected chi connectivity index (χ2v) is 3.25. The molecule has 1 aromatic carbocycles. The Balaban J connectivity index is 0. The first-order valence-electron chi connectivity index (χ1n) is 6.01. The summed E-state index contributed by atoms with van der Waals surface area (Å²) in [4.78, 5) is 10.5. The van der Waals surface area contributed by atoms with E-state index in [-0.39, 0.29) is 5.76 Å². The van der Waals surface area contributed by atoms with Gasteiger partial charge in [-0.15, -0.1) is 0 Å². The van der Waals surface area contributed by atoms with Crippen LogP contribution in [0.5, 0.6) is 0 Å². The van der Waals surface area contributed by atoms with Crippen molar-refractivity contribution in [2.75, 3.05) is 20.2 Å². The Bertz CT molecular complexity index is 349. The van der Waals surface area contributed by atoms with E-state index in [1.54, 1.807) is 0 Å². The molecule has 5 heteroatoms. The summed E-state index contributed by atoms with van der Waals surface area (Å²) in [7, 11) is 1.34. The molecule has 0 saturated heterocycles. The minimum absolute atomic E-state index is 0.0637. The molecule has 0 unspecified atom stereocenters. The van der Waals surface area contributed by atoms with Gasteiger partial charge >= 0.3 is 5.97 Å². The molecule has 1 rings (SSSR count). The van der Waals surface area contributed by atoms with E-state index in [9.17, 15) is 4.79 Å². The number of methoxy groups -OCH3 is 1. The van der Waals surface area contributed by atoms with Crippen molar-refractivity contribution in [2.45, 2.75) is 13.8 Å². The van der Waals surface area contributed by atoms with Gasteiger partial charge in [0, 0.05) is 0 Å². The Hall–Kier alpha value is -1.85. The van der Waals surface area contributed by atoms with E-state index in [0.29, 0.717) is 0 Å². The fourth-order valence-corrected chi connectivity index (χ4v) is 0.909. The van der Waals surface area contributed by atoms with Crippen molar-refractivity contribution in [1.82, 2.24) is 0 Å². The molecule has 0 aliphatic rings. The second kappa shape index (κ2) is 14.2. The van der Waals surface area contributed by atoms with E-state index in [2.05, 4.69) is 4.74 Å². The van der Waals surface area contributed by atoms with Crippen LogP contribution >= 0.6 is 0 Å². The lowest BCUT2D eigenvalue weighted by Crippen LogP contribution is -2.01. The number of rotatable bonds is 3. The second-order valence-electron chi connectivity index (χ2n) is 3.25. The summed E-state index contributed by atoms with van der Waals surface area (Å²) in [6, 6.07) is 9.15. The molecule has 0 saturated carbocycles. The van der Waals surface area contributed by atoms with Gasteiger partial charge in [0.05, 0.1) is 7.11 Å². The molecule has 0 spiro atoms. The normalized spacial score (nSPS) is 9.42. The Kier molecular flexibility index (Phi) is 14.6. The summed E-state index contributed by atoms with van der Waals surface area (Å²) in [5, 5.41) is 8.64. The van der Waals surface area contributed by atoms with Crippen LogP contribution in [0, 0.1) is 0 Å². The molecule has 0 bridgehead atoms. The lowest BCUT2D eigenvalue weighted by molar-refractivity contribution is -0.135. The van der Waals surface area contributed by atoms with E-state index >= 15 is 0 Å². The Labute approximate surface area is 114 Å². The first-order chi connectivity index (χ1) is 9.06. The molecular weight excluding hydrogens is 244 g/mol. The number of aliphatic carboxylic acids is 1. The fourth-order valence-electron chi connectivity index (χ4n) is 0.909. The van der Waals surface area contributed by atoms with Crippen molar-refractivity contribution in [3.63, 3.8) is 0 Å². The van der Waals surface area contributed by atoms with E-state index in [1.165, 1.54) is 13.2 Å². The highest BCUT2D eigenvalue weighted by atomic mass is 16.5. The molecule has 0 aromatic heterocycles. The predicted octanol–water partition coefficient (Wildman–Crippen LogP) is 1.69. The highest BCUT2D eigenvalue weighted by Gasteiger charge is 2.05. The van der Waals surface area contributed by atoms with Gasteiger partial charge in [-0.25, -0.2) is 4.79 Å². The van der Waals surface area contributed by atoms with Crippen LogP contribution in [0.1, 0.15) is 19.4 Å². The number of carbonyl (C=O) groups is 1. The largest absolute Gasteiger partial charge is 0.490 e. The first kappa shape index (κ1) is 19.5. The number of hydrogen-bond acceptors (Lipinski definition) is 4. The molecule has 0 fully saturated rings. The predicted molar refractivity (Wildman–Crippen MR) is 78.5 cm³/mol. The van der Waals surface area contributed by atoms with E-state index in [0.717, 1.165) is 18.7 Å². The Morgan fingerprint density at radius 3 is 1.95 bits per heavy atom. The third-order valence-corrected chi connectivity index (χ3v) is 1.53. The van der Waals surface area contributed by atoms with Gasteiger partial charge in [-0.05, 0) is 24.7 Å². The number of ether oxygens (including phenoxy) is 1. The molecule has 5 N–H and O–H groups in total. The summed E-state index contributed by atoms with van der Waals surface area (Å²) in [6.45, 7) is 5.31. The van der Waals surface area contributed by atoms with Gasteiger partial charge < -0.3 is 21.3 Å². The summed E-state index contributed by atoms with van der Waals surface area (Å²) >= 11 is 0. The molecule has 108 valence electrons. The van der Waals surface area contributed by atoms with Crippen molar-refractivity contribution in [3.8, 4) is 0 Å². The quantitative estimate of drug-likeness (QED) is 0.572. The van der Waals surface area contributed by atoms with Gasteiger partial charge in [0.2, 0.25) is 5.76 Å². The zero-order valence-electron chi connectivity index (χ0n) is 11.8. The lowest BCUT2D eigenvalue weighted by Gasteiger charge is -1.99. The Morgan fingerprint density at radius 2 is 1.63 bits per heavy atom. The maximum absolute atomic E-state index is 10.5. The van der Waals surface area contributed by atoms with Gasteiger partial charge in [0.15, 0.2) is 0 Å². The van der Waals surface area contributed by atoms with Crippen molar-refractivity contribution in [1.29, 1.82) is 0 Å². The van der Waals surface area contributed by atoms with Crippen molar-refractivity contribution < 1.29 is 14.6 Å². The average molecular weight is 268 g/mol. The minimum Gasteiger partial charge on any atom is -0.490 e. The minimum atomic E-state index is -1.06. The third kappa shape index (κ3) is 12.4. The zero-order chi connectivity index (χ0) is 15.1. The van der Waals surface area contributed by atoms with E-state index in [1.807, 2.05) is 44.2 Å². The summed E-state index contributed by atoms with van der Waals surface area (Å²) in [5.74, 6) is -1.13. The molecule has 0 atom stereocenters. The number of carboxylic acid groups (broad SMARTS) is 1. The molecule has 19 heavy (non-hydrogen) atoms. The smallest absolute Gasteiger partial charge is 0.371 e. The van der Waals surface area contributed by atoms with Gasteiger partial charge in [0.25, 0.3) is 0 Å². The van der Waals surface area contributed by atoms with E-state index < -0.39 is 5.97 Å². The van der Waals surface area contributed by atoms with E-state index in [4.69, 9.17) is 16.6 Å². The number of benzene rings is 1. The Morgan fingerprint density at radius 1 is 1.21 bits per heavy atom. The van der Waals surface area contributed by atoms with Crippen molar-refractivity contribution in [3.05, 3.63) is 41.7 Å². The van der Waals surface area contributed by atoms with Crippen LogP contribution < -0.4 is 11.5 Å². The molecule has 0 amide bonds. The average Bonchev–Trinajstić information content (AvgIpc) is 2.38.